The molecule has 0 aliphatic carbocycles. The molecule has 8 heteroatoms. The van der Waals surface area contributed by atoms with Gasteiger partial charge in [0.15, 0.2) is 0 Å². The summed E-state index contributed by atoms with van der Waals surface area (Å²) in [6.45, 7) is 9.00. The molecule has 1 aliphatic heterocycles. The fourth-order valence-electron chi connectivity index (χ4n) is 2.81. The number of anilines is 2. The van der Waals surface area contributed by atoms with Gasteiger partial charge in [-0.2, -0.15) is 0 Å². The quantitative estimate of drug-likeness (QED) is 0.850. The van der Waals surface area contributed by atoms with Gasteiger partial charge in [0.25, 0.3) is 0 Å². The minimum atomic E-state index is -0.411. The Hall–Kier alpha value is -2.48. The maximum Gasteiger partial charge on any atom is 0.231 e. The van der Waals surface area contributed by atoms with Gasteiger partial charge in [-0.1, -0.05) is 32.1 Å². The molecule has 1 atom stereocenters. The summed E-state index contributed by atoms with van der Waals surface area (Å²) < 4.78 is 5.42. The summed E-state index contributed by atoms with van der Waals surface area (Å²) in [5, 5.41) is 12.3. The van der Waals surface area contributed by atoms with Crippen LogP contribution in [0.25, 0.3) is 0 Å². The number of benzene rings is 1. The number of amides is 2. The zero-order valence-electron chi connectivity index (χ0n) is 16.0. The third-order valence-electron chi connectivity index (χ3n) is 4.25. The first-order chi connectivity index (χ1) is 12.8. The highest BCUT2D eigenvalue weighted by Crippen LogP contribution is 2.30. The van der Waals surface area contributed by atoms with E-state index in [2.05, 4.69) is 15.5 Å². The number of ether oxygens (including phenoxy) is 1. The van der Waals surface area contributed by atoms with E-state index >= 15 is 0 Å². The molecule has 3 rings (SSSR count). The average Bonchev–Trinajstić information content (AvgIpc) is 3.22. The lowest BCUT2D eigenvalue weighted by Gasteiger charge is -2.17. The molecule has 2 amide bonds. The summed E-state index contributed by atoms with van der Waals surface area (Å²) in [5.74, 6) is 0.0829. The number of nitrogens with one attached hydrogen (secondary N) is 1. The minimum Gasteiger partial charge on any atom is -0.494 e. The molecule has 144 valence electrons. The maximum absolute atomic E-state index is 12.6. The highest BCUT2D eigenvalue weighted by atomic mass is 32.1. The predicted molar refractivity (Wildman–Crippen MR) is 105 cm³/mol. The first kappa shape index (κ1) is 19.3. The largest absolute Gasteiger partial charge is 0.494 e. The van der Waals surface area contributed by atoms with E-state index in [0.717, 1.165) is 16.4 Å². The number of carbonyl (C=O) groups excluding carboxylic acids is 2. The Labute approximate surface area is 162 Å². The average molecular weight is 388 g/mol. The zero-order chi connectivity index (χ0) is 19.6. The molecular formula is C19H24N4O3S. The highest BCUT2D eigenvalue weighted by Gasteiger charge is 2.35. The van der Waals surface area contributed by atoms with Crippen LogP contribution in [-0.4, -0.2) is 35.2 Å². The molecule has 1 fully saturated rings. The SMILES string of the molecule is CCOc1ccc(N2CC(C(=O)Nc3nnc(C(C)(C)C)s3)CC2=O)cc1. The molecule has 0 radical (unpaired) electrons. The number of carbonyl (C=O) groups is 2. The van der Waals surface area contributed by atoms with E-state index in [1.165, 1.54) is 11.3 Å². The molecule has 2 heterocycles. The van der Waals surface area contributed by atoms with Crippen LogP contribution in [-0.2, 0) is 15.0 Å². The number of hydrogen-bond acceptors (Lipinski definition) is 6. The monoisotopic (exact) mass is 388 g/mol. The summed E-state index contributed by atoms with van der Waals surface area (Å²) >= 11 is 1.36. The Kier molecular flexibility index (Phi) is 5.46. The van der Waals surface area contributed by atoms with Crippen molar-refractivity contribution in [3.63, 3.8) is 0 Å². The van der Waals surface area contributed by atoms with E-state index in [4.69, 9.17) is 4.74 Å². The van der Waals surface area contributed by atoms with Crippen molar-refractivity contribution in [2.45, 2.75) is 39.5 Å². The first-order valence-corrected chi connectivity index (χ1v) is 9.77. The fraction of sp³-hybridized carbons (Fsp3) is 0.474. The van der Waals surface area contributed by atoms with Gasteiger partial charge in [-0.25, -0.2) is 0 Å². The Morgan fingerprint density at radius 3 is 2.59 bits per heavy atom. The van der Waals surface area contributed by atoms with Crippen molar-refractivity contribution in [1.29, 1.82) is 0 Å². The number of nitrogens with zero attached hydrogens (tertiary/aromatic N) is 3. The molecule has 1 aliphatic rings. The maximum atomic E-state index is 12.6. The summed E-state index contributed by atoms with van der Waals surface area (Å²) in [5.41, 5.74) is 0.652. The van der Waals surface area contributed by atoms with Crippen LogP contribution in [0.15, 0.2) is 24.3 Å². The Morgan fingerprint density at radius 2 is 2.00 bits per heavy atom. The number of aromatic nitrogens is 2. The molecule has 1 N–H and O–H groups in total. The second kappa shape index (κ2) is 7.64. The predicted octanol–water partition coefficient (Wildman–Crippen LogP) is 3.23. The van der Waals surface area contributed by atoms with Crippen LogP contribution in [0.1, 0.15) is 39.1 Å². The Morgan fingerprint density at radius 1 is 1.30 bits per heavy atom. The molecule has 1 aromatic heterocycles. The van der Waals surface area contributed by atoms with Crippen molar-refractivity contribution >= 4 is 34.0 Å². The van der Waals surface area contributed by atoms with E-state index in [-0.39, 0.29) is 23.7 Å². The lowest BCUT2D eigenvalue weighted by atomic mass is 9.98. The fourth-order valence-corrected chi connectivity index (χ4v) is 3.61. The van der Waals surface area contributed by atoms with Crippen LogP contribution in [0.2, 0.25) is 0 Å². The van der Waals surface area contributed by atoms with Crippen molar-refractivity contribution in [1.82, 2.24) is 10.2 Å². The summed E-state index contributed by atoms with van der Waals surface area (Å²) in [4.78, 5) is 26.6. The molecular weight excluding hydrogens is 364 g/mol. The van der Waals surface area contributed by atoms with Gasteiger partial charge in [-0.15, -0.1) is 10.2 Å². The lowest BCUT2D eigenvalue weighted by Crippen LogP contribution is -2.28. The van der Waals surface area contributed by atoms with Crippen molar-refractivity contribution in [3.05, 3.63) is 29.3 Å². The Balaban J connectivity index is 1.64. The van der Waals surface area contributed by atoms with E-state index in [1.807, 2.05) is 52.0 Å². The molecule has 27 heavy (non-hydrogen) atoms. The van der Waals surface area contributed by atoms with E-state index in [0.29, 0.717) is 18.3 Å². The number of rotatable bonds is 5. The van der Waals surface area contributed by atoms with Crippen molar-refractivity contribution in [2.24, 2.45) is 5.92 Å². The molecule has 0 saturated carbocycles. The summed E-state index contributed by atoms with van der Waals surface area (Å²) in [7, 11) is 0. The number of hydrogen-bond donors (Lipinski definition) is 1. The standard InChI is InChI=1S/C19H24N4O3S/c1-5-26-14-8-6-13(7-9-14)23-11-12(10-15(23)24)16(25)20-18-22-21-17(27-18)19(2,3)4/h6-9,12H,5,10-11H2,1-4H3,(H,20,22,25). The van der Waals surface area contributed by atoms with Gasteiger partial charge in [-0.05, 0) is 31.2 Å². The topological polar surface area (TPSA) is 84.4 Å². The van der Waals surface area contributed by atoms with Crippen LogP contribution in [0.3, 0.4) is 0 Å². The van der Waals surface area contributed by atoms with Crippen molar-refractivity contribution in [2.75, 3.05) is 23.4 Å². The third kappa shape index (κ3) is 4.44. The molecule has 1 unspecified atom stereocenters. The molecule has 1 saturated heterocycles. The van der Waals surface area contributed by atoms with Gasteiger partial charge < -0.3 is 15.0 Å². The third-order valence-corrected chi connectivity index (χ3v) is 5.52. The molecule has 0 spiro atoms. The zero-order valence-corrected chi connectivity index (χ0v) is 16.8. The van der Waals surface area contributed by atoms with Gasteiger partial charge in [0, 0.05) is 24.1 Å². The molecule has 1 aromatic carbocycles. The summed E-state index contributed by atoms with van der Waals surface area (Å²) in [6.07, 6.45) is 0.185. The van der Waals surface area contributed by atoms with Gasteiger partial charge in [0.1, 0.15) is 10.8 Å². The van der Waals surface area contributed by atoms with Gasteiger partial charge >= 0.3 is 0 Å². The van der Waals surface area contributed by atoms with Crippen LogP contribution in [0.5, 0.6) is 5.75 Å². The minimum absolute atomic E-state index is 0.0630. The van der Waals surface area contributed by atoms with Gasteiger partial charge in [0.05, 0.1) is 12.5 Å². The van der Waals surface area contributed by atoms with Crippen LogP contribution in [0, 0.1) is 5.92 Å². The Bertz CT molecular complexity index is 826. The van der Waals surface area contributed by atoms with Crippen molar-refractivity contribution in [3.8, 4) is 5.75 Å². The second-order valence-corrected chi connectivity index (χ2v) is 8.46. The van der Waals surface area contributed by atoms with E-state index in [1.54, 1.807) is 4.90 Å². The van der Waals surface area contributed by atoms with E-state index < -0.39 is 5.92 Å². The van der Waals surface area contributed by atoms with E-state index in [9.17, 15) is 9.59 Å². The van der Waals surface area contributed by atoms with Crippen LogP contribution >= 0.6 is 11.3 Å². The smallest absolute Gasteiger partial charge is 0.231 e. The summed E-state index contributed by atoms with van der Waals surface area (Å²) in [6, 6.07) is 7.33. The normalized spacial score (nSPS) is 17.3. The van der Waals surface area contributed by atoms with Crippen molar-refractivity contribution < 1.29 is 14.3 Å². The second-order valence-electron chi connectivity index (χ2n) is 7.48. The van der Waals surface area contributed by atoms with Gasteiger partial charge in [0.2, 0.25) is 16.9 Å². The lowest BCUT2D eigenvalue weighted by molar-refractivity contribution is -0.122. The van der Waals surface area contributed by atoms with Crippen LogP contribution in [0.4, 0.5) is 10.8 Å². The molecule has 2 aromatic rings. The molecule has 0 bridgehead atoms. The highest BCUT2D eigenvalue weighted by molar-refractivity contribution is 7.15. The first-order valence-electron chi connectivity index (χ1n) is 8.96. The molecule has 7 nitrogen and oxygen atoms in total. The van der Waals surface area contributed by atoms with Gasteiger partial charge in [-0.3, -0.25) is 9.59 Å². The van der Waals surface area contributed by atoms with Crippen LogP contribution < -0.4 is 15.0 Å².